The summed E-state index contributed by atoms with van der Waals surface area (Å²) >= 11 is 15.2. The van der Waals surface area contributed by atoms with Crippen LogP contribution in [0.15, 0.2) is 70.2 Å². The molecule has 0 heterocycles. The first kappa shape index (κ1) is 26.2. The van der Waals surface area contributed by atoms with Gasteiger partial charge in [-0.15, -0.1) is 0 Å². The number of benzene rings is 3. The molecule has 0 bridgehead atoms. The molecule has 0 aromatic heterocycles. The summed E-state index contributed by atoms with van der Waals surface area (Å²) in [5.41, 5.74) is 3.65. The lowest BCUT2D eigenvalue weighted by Crippen LogP contribution is -2.33. The molecule has 0 aliphatic heterocycles. The Labute approximate surface area is 219 Å². The van der Waals surface area contributed by atoms with Gasteiger partial charge in [-0.05, 0) is 65.3 Å². The van der Waals surface area contributed by atoms with Crippen LogP contribution in [0.25, 0.3) is 0 Å². The average Bonchev–Trinajstić information content (AvgIpc) is 2.85. The molecule has 0 fully saturated rings. The maximum absolute atomic E-state index is 12.5. The van der Waals surface area contributed by atoms with Crippen LogP contribution in [-0.4, -0.2) is 30.6 Å². The zero-order chi connectivity index (χ0) is 25.5. The first-order valence-corrected chi connectivity index (χ1v) is 11.5. The number of ether oxygens (including phenoxy) is 2. The highest BCUT2D eigenvalue weighted by Gasteiger charge is 2.17. The second kappa shape index (κ2) is 11.8. The van der Waals surface area contributed by atoms with Crippen LogP contribution >= 0.6 is 39.1 Å². The SMILES string of the molecule is COc1cc(/C(C)=N/NC(=O)C(=O)Nc2cccc(Cl)c2Cl)ccc1OC(=O)c1ccccc1Br. The number of esters is 1. The molecular weight excluding hydrogens is 561 g/mol. The van der Waals surface area contributed by atoms with Crippen molar-refractivity contribution < 1.29 is 23.9 Å². The predicted octanol–water partition coefficient (Wildman–Crippen LogP) is 5.46. The lowest BCUT2D eigenvalue weighted by Gasteiger charge is -2.12. The Kier molecular flexibility index (Phi) is 8.86. The van der Waals surface area contributed by atoms with Crippen LogP contribution in [0.4, 0.5) is 5.69 Å². The molecule has 3 aromatic carbocycles. The fourth-order valence-electron chi connectivity index (χ4n) is 2.79. The Morgan fingerprint density at radius 1 is 0.943 bits per heavy atom. The summed E-state index contributed by atoms with van der Waals surface area (Å²) in [7, 11) is 1.43. The number of carbonyl (C=O) groups excluding carboxylic acids is 3. The van der Waals surface area contributed by atoms with Crippen molar-refractivity contribution in [3.8, 4) is 11.5 Å². The summed E-state index contributed by atoms with van der Waals surface area (Å²) in [6.45, 7) is 1.62. The highest BCUT2D eigenvalue weighted by Crippen LogP contribution is 2.30. The third kappa shape index (κ3) is 6.60. The van der Waals surface area contributed by atoms with Gasteiger partial charge in [0.1, 0.15) is 0 Å². The Hall–Kier alpha value is -3.40. The van der Waals surface area contributed by atoms with E-state index in [1.54, 1.807) is 55.5 Å². The van der Waals surface area contributed by atoms with Crippen molar-refractivity contribution in [2.75, 3.05) is 12.4 Å². The Bertz CT molecular complexity index is 1330. The predicted molar refractivity (Wildman–Crippen MR) is 138 cm³/mol. The van der Waals surface area contributed by atoms with Gasteiger partial charge in [-0.25, -0.2) is 10.2 Å². The van der Waals surface area contributed by atoms with E-state index >= 15 is 0 Å². The van der Waals surface area contributed by atoms with Crippen molar-refractivity contribution in [3.63, 3.8) is 0 Å². The van der Waals surface area contributed by atoms with E-state index in [0.717, 1.165) is 0 Å². The molecule has 0 unspecified atom stereocenters. The van der Waals surface area contributed by atoms with Gasteiger partial charge < -0.3 is 14.8 Å². The highest BCUT2D eigenvalue weighted by atomic mass is 79.9. The minimum Gasteiger partial charge on any atom is -0.493 e. The van der Waals surface area contributed by atoms with Crippen LogP contribution in [0, 0.1) is 0 Å². The molecule has 0 spiro atoms. The second-order valence-electron chi connectivity index (χ2n) is 6.93. The first-order chi connectivity index (χ1) is 16.7. The van der Waals surface area contributed by atoms with Gasteiger partial charge in [-0.1, -0.05) is 41.4 Å². The first-order valence-electron chi connectivity index (χ1n) is 9.96. The highest BCUT2D eigenvalue weighted by molar-refractivity contribution is 9.10. The summed E-state index contributed by atoms with van der Waals surface area (Å²) < 4.78 is 11.4. The van der Waals surface area contributed by atoms with Gasteiger partial charge in [0, 0.05) is 10.0 Å². The quantitative estimate of drug-likeness (QED) is 0.133. The van der Waals surface area contributed by atoms with Gasteiger partial charge in [0.05, 0.1) is 34.1 Å². The summed E-state index contributed by atoms with van der Waals surface area (Å²) in [5.74, 6) is -2.07. The number of amides is 2. The number of rotatable bonds is 6. The Balaban J connectivity index is 1.69. The van der Waals surface area contributed by atoms with Crippen molar-refractivity contribution in [2.45, 2.75) is 6.92 Å². The molecule has 0 radical (unpaired) electrons. The monoisotopic (exact) mass is 577 g/mol. The van der Waals surface area contributed by atoms with E-state index in [0.29, 0.717) is 21.3 Å². The van der Waals surface area contributed by atoms with Crippen LogP contribution in [0.1, 0.15) is 22.8 Å². The van der Waals surface area contributed by atoms with Gasteiger partial charge in [-0.3, -0.25) is 9.59 Å². The van der Waals surface area contributed by atoms with E-state index in [1.165, 1.54) is 19.2 Å². The lowest BCUT2D eigenvalue weighted by molar-refractivity contribution is -0.136. The molecule has 0 atom stereocenters. The number of nitrogens with zero attached hydrogens (tertiary/aromatic N) is 1. The molecule has 0 aliphatic rings. The molecule has 0 aliphatic carbocycles. The Morgan fingerprint density at radius 2 is 1.69 bits per heavy atom. The van der Waals surface area contributed by atoms with Crippen LogP contribution in [-0.2, 0) is 9.59 Å². The summed E-state index contributed by atoms with van der Waals surface area (Å²) in [4.78, 5) is 36.8. The maximum Gasteiger partial charge on any atom is 0.344 e. The molecule has 180 valence electrons. The van der Waals surface area contributed by atoms with Crippen molar-refractivity contribution in [2.24, 2.45) is 5.10 Å². The number of methoxy groups -OCH3 is 1. The van der Waals surface area contributed by atoms with Gasteiger partial charge in [-0.2, -0.15) is 5.10 Å². The van der Waals surface area contributed by atoms with Crippen molar-refractivity contribution in [1.82, 2.24) is 5.43 Å². The minimum absolute atomic E-state index is 0.113. The topological polar surface area (TPSA) is 106 Å². The summed E-state index contributed by atoms with van der Waals surface area (Å²) in [6, 6.07) is 16.3. The van der Waals surface area contributed by atoms with Crippen molar-refractivity contribution in [3.05, 3.63) is 86.3 Å². The molecule has 2 amide bonds. The van der Waals surface area contributed by atoms with Crippen molar-refractivity contribution in [1.29, 1.82) is 0 Å². The number of halogens is 3. The van der Waals surface area contributed by atoms with E-state index < -0.39 is 17.8 Å². The van der Waals surface area contributed by atoms with Crippen LogP contribution in [0.2, 0.25) is 10.0 Å². The lowest BCUT2D eigenvalue weighted by atomic mass is 10.1. The number of hydrogen-bond acceptors (Lipinski definition) is 6. The third-order valence-corrected chi connectivity index (χ3v) is 6.12. The molecular formula is C24H18BrCl2N3O5. The third-order valence-electron chi connectivity index (χ3n) is 4.61. The number of carbonyl (C=O) groups is 3. The Morgan fingerprint density at radius 3 is 2.40 bits per heavy atom. The second-order valence-corrected chi connectivity index (χ2v) is 8.57. The molecule has 3 rings (SSSR count). The number of nitrogens with one attached hydrogen (secondary N) is 2. The van der Waals surface area contributed by atoms with E-state index in [9.17, 15) is 14.4 Å². The van der Waals surface area contributed by atoms with Crippen LogP contribution in [0.5, 0.6) is 11.5 Å². The van der Waals surface area contributed by atoms with Gasteiger partial charge in [0.2, 0.25) is 0 Å². The standard InChI is InChI=1S/C24H18BrCl2N3O5/c1-13(29-30-23(32)22(31)28-18-9-5-8-17(26)21(18)27)14-10-11-19(20(12-14)34-2)35-24(33)15-6-3-4-7-16(15)25/h3-12H,1-2H3,(H,28,31)(H,30,32)/b29-13+. The molecule has 3 aromatic rings. The molecule has 2 N–H and O–H groups in total. The maximum atomic E-state index is 12.5. The van der Waals surface area contributed by atoms with Gasteiger partial charge in [0.25, 0.3) is 0 Å². The van der Waals surface area contributed by atoms with E-state index in [2.05, 4.69) is 31.8 Å². The zero-order valence-electron chi connectivity index (χ0n) is 18.4. The average molecular weight is 579 g/mol. The van der Waals surface area contributed by atoms with Gasteiger partial charge >= 0.3 is 17.8 Å². The minimum atomic E-state index is -1.01. The number of hydrazone groups is 1. The number of anilines is 1. The molecule has 11 heteroatoms. The van der Waals surface area contributed by atoms with E-state index in [4.69, 9.17) is 32.7 Å². The molecule has 0 saturated carbocycles. The van der Waals surface area contributed by atoms with Crippen LogP contribution in [0.3, 0.4) is 0 Å². The fourth-order valence-corrected chi connectivity index (χ4v) is 3.58. The van der Waals surface area contributed by atoms with E-state index in [1.807, 2.05) is 0 Å². The molecule has 35 heavy (non-hydrogen) atoms. The fraction of sp³-hybridized carbons (Fsp3) is 0.0833. The van der Waals surface area contributed by atoms with Gasteiger partial charge in [0.15, 0.2) is 11.5 Å². The largest absolute Gasteiger partial charge is 0.493 e. The normalized spacial score (nSPS) is 10.9. The van der Waals surface area contributed by atoms with Crippen molar-refractivity contribution >= 4 is 68.3 Å². The number of hydrogen-bond donors (Lipinski definition) is 2. The zero-order valence-corrected chi connectivity index (χ0v) is 21.5. The molecule has 8 nitrogen and oxygen atoms in total. The smallest absolute Gasteiger partial charge is 0.344 e. The summed E-state index contributed by atoms with van der Waals surface area (Å²) in [5, 5.41) is 6.66. The van der Waals surface area contributed by atoms with Crippen LogP contribution < -0.4 is 20.2 Å². The summed E-state index contributed by atoms with van der Waals surface area (Å²) in [6.07, 6.45) is 0. The van der Waals surface area contributed by atoms with E-state index in [-0.39, 0.29) is 27.2 Å². The molecule has 0 saturated heterocycles.